The predicted octanol–water partition coefficient (Wildman–Crippen LogP) is 2.66. The molecule has 3 N–H and O–H groups in total. The summed E-state index contributed by atoms with van der Waals surface area (Å²) in [6.45, 7) is 6.17. The van der Waals surface area contributed by atoms with Crippen LogP contribution >= 0.6 is 23.7 Å². The normalized spacial score (nSPS) is 26.0. The van der Waals surface area contributed by atoms with E-state index in [2.05, 4.69) is 24.5 Å². The standard InChI is InChI=1S/C17H26N2O2S.ClH/c1-10-7-15(22-11(10)2)17(21)19-16(13-8-14(20)9-13)12-3-5-18-6-4-12;/h7,12-14,16,18,20H,3-6,8-9H2,1-2H3,(H,19,21);1H. The molecule has 1 saturated heterocycles. The molecule has 4 nitrogen and oxygen atoms in total. The van der Waals surface area contributed by atoms with Gasteiger partial charge in [-0.1, -0.05) is 0 Å². The van der Waals surface area contributed by atoms with Crippen molar-refractivity contribution in [3.63, 3.8) is 0 Å². The highest BCUT2D eigenvalue weighted by molar-refractivity contribution is 7.14. The molecule has 23 heavy (non-hydrogen) atoms. The average molecular weight is 359 g/mol. The zero-order valence-electron chi connectivity index (χ0n) is 13.8. The van der Waals surface area contributed by atoms with E-state index in [-0.39, 0.29) is 30.5 Å². The highest BCUT2D eigenvalue weighted by atomic mass is 35.5. The van der Waals surface area contributed by atoms with Crippen LogP contribution in [0.25, 0.3) is 0 Å². The van der Waals surface area contributed by atoms with E-state index >= 15 is 0 Å². The molecule has 0 bridgehead atoms. The maximum absolute atomic E-state index is 12.6. The number of hydrogen-bond acceptors (Lipinski definition) is 4. The van der Waals surface area contributed by atoms with Crippen LogP contribution < -0.4 is 10.6 Å². The number of carbonyl (C=O) groups is 1. The molecule has 1 unspecified atom stereocenters. The number of amides is 1. The van der Waals surface area contributed by atoms with Gasteiger partial charge in [0.1, 0.15) is 0 Å². The van der Waals surface area contributed by atoms with Gasteiger partial charge in [0, 0.05) is 10.9 Å². The van der Waals surface area contributed by atoms with Gasteiger partial charge in [0.25, 0.3) is 5.91 Å². The van der Waals surface area contributed by atoms with Gasteiger partial charge >= 0.3 is 0 Å². The van der Waals surface area contributed by atoms with Gasteiger partial charge in [-0.2, -0.15) is 0 Å². The first kappa shape index (κ1) is 18.7. The molecule has 130 valence electrons. The molecule has 2 heterocycles. The molecule has 1 aromatic heterocycles. The van der Waals surface area contributed by atoms with Gasteiger partial charge in [-0.25, -0.2) is 0 Å². The van der Waals surface area contributed by atoms with Gasteiger partial charge in [-0.15, -0.1) is 23.7 Å². The topological polar surface area (TPSA) is 61.4 Å². The van der Waals surface area contributed by atoms with E-state index in [1.54, 1.807) is 11.3 Å². The predicted molar refractivity (Wildman–Crippen MR) is 96.6 cm³/mol. The van der Waals surface area contributed by atoms with Crippen molar-refractivity contribution < 1.29 is 9.90 Å². The van der Waals surface area contributed by atoms with E-state index in [4.69, 9.17) is 0 Å². The lowest BCUT2D eigenvalue weighted by Gasteiger charge is -2.43. The van der Waals surface area contributed by atoms with Gasteiger partial charge in [0.15, 0.2) is 0 Å². The Kier molecular flexibility index (Phi) is 6.48. The maximum Gasteiger partial charge on any atom is 0.261 e. The molecule has 0 spiro atoms. The van der Waals surface area contributed by atoms with Crippen LogP contribution in [0.15, 0.2) is 6.07 Å². The van der Waals surface area contributed by atoms with E-state index in [0.29, 0.717) is 11.8 Å². The zero-order chi connectivity index (χ0) is 15.7. The van der Waals surface area contributed by atoms with Gasteiger partial charge in [-0.05, 0) is 76.1 Å². The minimum absolute atomic E-state index is 0. The van der Waals surface area contributed by atoms with Crippen molar-refractivity contribution in [1.82, 2.24) is 10.6 Å². The zero-order valence-corrected chi connectivity index (χ0v) is 15.4. The lowest BCUT2D eigenvalue weighted by atomic mass is 9.71. The molecule has 1 saturated carbocycles. The van der Waals surface area contributed by atoms with Crippen molar-refractivity contribution in [3.8, 4) is 0 Å². The van der Waals surface area contributed by atoms with Gasteiger partial charge < -0.3 is 15.7 Å². The van der Waals surface area contributed by atoms with Crippen LogP contribution in [0.5, 0.6) is 0 Å². The summed E-state index contributed by atoms with van der Waals surface area (Å²) in [7, 11) is 0. The second-order valence-corrected chi connectivity index (χ2v) is 8.08. The van der Waals surface area contributed by atoms with Crippen LogP contribution in [-0.4, -0.2) is 36.2 Å². The van der Waals surface area contributed by atoms with Crippen molar-refractivity contribution in [2.75, 3.05) is 13.1 Å². The fourth-order valence-corrected chi connectivity index (χ4v) is 4.59. The quantitative estimate of drug-likeness (QED) is 0.775. The van der Waals surface area contributed by atoms with E-state index in [1.165, 1.54) is 10.4 Å². The first-order valence-corrected chi connectivity index (χ1v) is 9.13. The van der Waals surface area contributed by atoms with Crippen molar-refractivity contribution in [3.05, 3.63) is 21.4 Å². The van der Waals surface area contributed by atoms with E-state index in [9.17, 15) is 9.90 Å². The highest BCUT2D eigenvalue weighted by Crippen LogP contribution is 2.36. The van der Waals surface area contributed by atoms with Crippen molar-refractivity contribution in [2.24, 2.45) is 11.8 Å². The van der Waals surface area contributed by atoms with Gasteiger partial charge in [-0.3, -0.25) is 4.79 Å². The molecule has 1 aliphatic heterocycles. The summed E-state index contributed by atoms with van der Waals surface area (Å²) in [4.78, 5) is 14.6. The third-order valence-corrected chi connectivity index (χ3v) is 6.39. The first-order chi connectivity index (χ1) is 10.5. The van der Waals surface area contributed by atoms with E-state index < -0.39 is 0 Å². The summed E-state index contributed by atoms with van der Waals surface area (Å²) in [5.41, 5.74) is 1.19. The Bertz CT molecular complexity index is 517. The molecule has 1 atom stereocenters. The number of aliphatic hydroxyl groups excluding tert-OH is 1. The summed E-state index contributed by atoms with van der Waals surface area (Å²) in [6.07, 6.45) is 3.71. The van der Waals surface area contributed by atoms with Crippen molar-refractivity contribution in [1.29, 1.82) is 0 Å². The molecular formula is C17H27ClN2O2S. The number of carbonyl (C=O) groups excluding carboxylic acids is 1. The molecule has 2 aliphatic rings. The van der Waals surface area contributed by atoms with Crippen LogP contribution in [0.1, 0.15) is 45.8 Å². The molecule has 3 rings (SSSR count). The Hall–Kier alpha value is -0.620. The van der Waals surface area contributed by atoms with Crippen LogP contribution in [0.2, 0.25) is 0 Å². The lowest BCUT2D eigenvalue weighted by Crippen LogP contribution is -2.52. The number of thiophene rings is 1. The molecule has 2 fully saturated rings. The van der Waals surface area contributed by atoms with Crippen molar-refractivity contribution >= 4 is 29.7 Å². The van der Waals surface area contributed by atoms with Crippen LogP contribution in [0.3, 0.4) is 0 Å². The molecule has 0 aromatic carbocycles. The summed E-state index contributed by atoms with van der Waals surface area (Å²) in [6, 6.07) is 2.20. The average Bonchev–Trinajstić information content (AvgIpc) is 2.82. The Labute approximate surface area is 148 Å². The Morgan fingerprint density at radius 3 is 2.48 bits per heavy atom. The maximum atomic E-state index is 12.6. The van der Waals surface area contributed by atoms with Crippen LogP contribution in [-0.2, 0) is 0 Å². The number of hydrogen-bond donors (Lipinski definition) is 3. The fourth-order valence-electron chi connectivity index (χ4n) is 3.65. The van der Waals surface area contributed by atoms with Gasteiger partial charge in [0.05, 0.1) is 11.0 Å². The fraction of sp³-hybridized carbons (Fsp3) is 0.706. The molecule has 1 aliphatic carbocycles. The van der Waals surface area contributed by atoms with E-state index in [1.807, 2.05) is 6.07 Å². The molecule has 0 radical (unpaired) electrons. The monoisotopic (exact) mass is 358 g/mol. The van der Waals surface area contributed by atoms with Crippen LogP contribution in [0.4, 0.5) is 0 Å². The number of piperidine rings is 1. The lowest BCUT2D eigenvalue weighted by molar-refractivity contribution is 0.00924. The Balaban J connectivity index is 0.00000192. The second kappa shape index (κ2) is 7.97. The summed E-state index contributed by atoms with van der Waals surface area (Å²) >= 11 is 1.58. The third-order valence-electron chi connectivity index (χ3n) is 5.24. The molecule has 6 heteroatoms. The van der Waals surface area contributed by atoms with Gasteiger partial charge in [0.2, 0.25) is 0 Å². The highest BCUT2D eigenvalue weighted by Gasteiger charge is 2.39. The summed E-state index contributed by atoms with van der Waals surface area (Å²) in [5, 5.41) is 16.3. The third kappa shape index (κ3) is 4.27. The number of aliphatic hydroxyl groups is 1. The molecule has 1 aromatic rings. The number of aryl methyl sites for hydroxylation is 2. The number of rotatable bonds is 4. The van der Waals surface area contributed by atoms with E-state index in [0.717, 1.165) is 43.6 Å². The SMILES string of the molecule is Cc1cc(C(=O)NC(C2CCNCC2)C2CC(O)C2)sc1C.Cl. The summed E-state index contributed by atoms with van der Waals surface area (Å²) < 4.78 is 0. The second-order valence-electron chi connectivity index (χ2n) is 6.82. The smallest absolute Gasteiger partial charge is 0.261 e. The minimum Gasteiger partial charge on any atom is -0.393 e. The Morgan fingerprint density at radius 1 is 1.30 bits per heavy atom. The Morgan fingerprint density at radius 2 is 1.96 bits per heavy atom. The van der Waals surface area contributed by atoms with Crippen molar-refractivity contribution in [2.45, 2.75) is 51.7 Å². The minimum atomic E-state index is -0.169. The number of nitrogens with one attached hydrogen (secondary N) is 2. The number of halogens is 1. The summed E-state index contributed by atoms with van der Waals surface area (Å²) in [5.74, 6) is 1.03. The largest absolute Gasteiger partial charge is 0.393 e. The molecular weight excluding hydrogens is 332 g/mol. The van der Waals surface area contributed by atoms with Crippen LogP contribution in [0, 0.1) is 25.7 Å². The first-order valence-electron chi connectivity index (χ1n) is 8.31. The molecule has 1 amide bonds.